The lowest BCUT2D eigenvalue weighted by molar-refractivity contribution is -0.113. The van der Waals surface area contributed by atoms with Gasteiger partial charge in [0.25, 0.3) is 5.91 Å². The minimum Gasteiger partial charge on any atom is -0.328 e. The third-order valence-electron chi connectivity index (χ3n) is 4.40. The van der Waals surface area contributed by atoms with Crippen molar-refractivity contribution in [3.8, 4) is 0 Å². The zero-order valence-corrected chi connectivity index (χ0v) is 17.0. The highest BCUT2D eigenvalue weighted by molar-refractivity contribution is 7.99. The highest BCUT2D eigenvalue weighted by Gasteiger charge is 2.35. The van der Waals surface area contributed by atoms with Gasteiger partial charge in [-0.1, -0.05) is 24.8 Å². The van der Waals surface area contributed by atoms with Gasteiger partial charge < -0.3 is 10.6 Å². The average molecular weight is 408 g/mol. The Balaban J connectivity index is 1.74. The second-order valence-corrected chi connectivity index (χ2v) is 7.59. The van der Waals surface area contributed by atoms with Crippen molar-refractivity contribution in [3.63, 3.8) is 0 Å². The van der Waals surface area contributed by atoms with Gasteiger partial charge in [0.2, 0.25) is 11.1 Å². The molecule has 1 atom stereocenters. The lowest BCUT2D eigenvalue weighted by Crippen LogP contribution is -2.32. The molecule has 4 heterocycles. The van der Waals surface area contributed by atoms with Crippen molar-refractivity contribution < 1.29 is 4.79 Å². The number of nitrogens with zero attached hydrogens (tertiary/aromatic N) is 5. The van der Waals surface area contributed by atoms with Crippen LogP contribution in [0, 0.1) is 0 Å². The molecular weight excluding hydrogens is 386 g/mol. The van der Waals surface area contributed by atoms with Gasteiger partial charge in [-0.15, -0.1) is 5.10 Å². The molecule has 8 nitrogen and oxygen atoms in total. The van der Waals surface area contributed by atoms with Gasteiger partial charge in [-0.05, 0) is 37.6 Å². The molecule has 1 amide bonds. The largest absolute Gasteiger partial charge is 0.328 e. The Morgan fingerprint density at radius 3 is 2.90 bits per heavy atom. The van der Waals surface area contributed by atoms with E-state index in [4.69, 9.17) is 0 Å². The van der Waals surface area contributed by atoms with Crippen LogP contribution in [0.4, 0.5) is 11.6 Å². The normalized spacial score (nSPS) is 15.6. The molecule has 3 aromatic heterocycles. The summed E-state index contributed by atoms with van der Waals surface area (Å²) in [4.78, 5) is 26.4. The average Bonchev–Trinajstić information content (AvgIpc) is 3.14. The first-order valence-electron chi connectivity index (χ1n) is 9.36. The molecule has 1 aliphatic rings. The summed E-state index contributed by atoms with van der Waals surface area (Å²) in [6.07, 6.45) is 6.02. The molecule has 1 unspecified atom stereocenters. The monoisotopic (exact) mass is 407 g/mol. The van der Waals surface area contributed by atoms with Crippen LogP contribution in [0.3, 0.4) is 0 Å². The number of fused-ring (bicyclic) bond motifs is 1. The summed E-state index contributed by atoms with van der Waals surface area (Å²) in [5.74, 6) is 1.30. The number of thioether (sulfide) groups is 1. The van der Waals surface area contributed by atoms with Gasteiger partial charge in [0.1, 0.15) is 6.04 Å². The highest BCUT2D eigenvalue weighted by atomic mass is 32.2. The van der Waals surface area contributed by atoms with E-state index in [0.29, 0.717) is 28.1 Å². The van der Waals surface area contributed by atoms with Crippen molar-refractivity contribution >= 4 is 29.3 Å². The maximum Gasteiger partial charge on any atom is 0.255 e. The lowest BCUT2D eigenvalue weighted by atomic mass is 9.98. The van der Waals surface area contributed by atoms with Gasteiger partial charge in [-0.2, -0.15) is 4.98 Å². The molecule has 0 bridgehead atoms. The maximum absolute atomic E-state index is 13.2. The Hall–Kier alpha value is -3.20. The summed E-state index contributed by atoms with van der Waals surface area (Å²) in [6, 6.07) is 8.74. The van der Waals surface area contributed by atoms with Gasteiger partial charge in [0, 0.05) is 23.8 Å². The van der Waals surface area contributed by atoms with Crippen LogP contribution in [-0.2, 0) is 4.79 Å². The van der Waals surface area contributed by atoms with E-state index in [1.165, 1.54) is 0 Å². The van der Waals surface area contributed by atoms with Crippen LogP contribution < -0.4 is 10.6 Å². The molecule has 29 heavy (non-hydrogen) atoms. The van der Waals surface area contributed by atoms with Crippen molar-refractivity contribution in [2.75, 3.05) is 16.4 Å². The summed E-state index contributed by atoms with van der Waals surface area (Å²) in [6.45, 7) is 3.98. The highest BCUT2D eigenvalue weighted by Crippen LogP contribution is 2.35. The fraction of sp³-hybridized carbons (Fsp3) is 0.250. The van der Waals surface area contributed by atoms with Crippen LogP contribution in [0.5, 0.6) is 0 Å². The molecule has 4 rings (SSSR count). The number of aromatic nitrogens is 5. The second kappa shape index (κ2) is 8.44. The number of carbonyl (C=O) groups excluding carboxylic acids is 1. The number of nitrogens with one attached hydrogen (secondary N) is 2. The lowest BCUT2D eigenvalue weighted by Gasteiger charge is -2.27. The molecule has 1 aliphatic heterocycles. The standard InChI is InChI=1S/C20H21N7OS/c1-3-11-29-20-25-19-23-13(2)16(18(28)24-14-7-6-9-21-12-14)17(27(19)26-20)15-8-4-5-10-22-15/h4-10,12,17H,3,11H2,1-2H3,(H,24,28)(H,23,25,26). The number of anilines is 2. The molecule has 2 N–H and O–H groups in total. The Bertz CT molecular complexity index is 1030. The maximum atomic E-state index is 13.2. The van der Waals surface area contributed by atoms with Crippen LogP contribution >= 0.6 is 11.8 Å². The van der Waals surface area contributed by atoms with Crippen molar-refractivity contribution in [3.05, 3.63) is 65.9 Å². The minimum atomic E-state index is -0.479. The summed E-state index contributed by atoms with van der Waals surface area (Å²) in [7, 11) is 0. The van der Waals surface area contributed by atoms with Gasteiger partial charge in [-0.3, -0.25) is 14.8 Å². The van der Waals surface area contributed by atoms with E-state index in [-0.39, 0.29) is 5.91 Å². The third-order valence-corrected chi connectivity index (χ3v) is 5.44. The zero-order chi connectivity index (χ0) is 20.2. The zero-order valence-electron chi connectivity index (χ0n) is 16.2. The fourth-order valence-corrected chi connectivity index (χ4v) is 3.81. The van der Waals surface area contributed by atoms with E-state index in [1.807, 2.05) is 25.1 Å². The molecule has 0 saturated heterocycles. The van der Waals surface area contributed by atoms with Crippen LogP contribution in [0.1, 0.15) is 32.0 Å². The SMILES string of the molecule is CCCSc1nc2n(n1)C(c1ccccn1)C(C(=O)Nc1cccnc1)=C(C)N2. The number of amides is 1. The molecule has 0 aromatic carbocycles. The molecule has 0 aliphatic carbocycles. The quantitative estimate of drug-likeness (QED) is 0.604. The first-order chi connectivity index (χ1) is 14.2. The number of pyridine rings is 2. The predicted octanol–water partition coefficient (Wildman–Crippen LogP) is 3.50. The third kappa shape index (κ3) is 4.00. The molecule has 3 aromatic rings. The smallest absolute Gasteiger partial charge is 0.255 e. The second-order valence-electron chi connectivity index (χ2n) is 6.53. The van der Waals surface area contributed by atoms with Gasteiger partial charge >= 0.3 is 0 Å². The summed E-state index contributed by atoms with van der Waals surface area (Å²) < 4.78 is 1.74. The first kappa shape index (κ1) is 19.1. The molecular formula is C20H21N7OS. The van der Waals surface area contributed by atoms with Crippen molar-refractivity contribution in [1.29, 1.82) is 0 Å². The van der Waals surface area contributed by atoms with E-state index >= 15 is 0 Å². The van der Waals surface area contributed by atoms with E-state index in [9.17, 15) is 4.79 Å². The number of carbonyl (C=O) groups is 1. The number of rotatable bonds is 6. The van der Waals surface area contributed by atoms with E-state index in [1.54, 1.807) is 47.2 Å². The van der Waals surface area contributed by atoms with Crippen molar-refractivity contribution in [2.45, 2.75) is 31.5 Å². The molecule has 9 heteroatoms. The molecule has 0 saturated carbocycles. The first-order valence-corrected chi connectivity index (χ1v) is 10.4. The van der Waals surface area contributed by atoms with E-state index < -0.39 is 6.04 Å². The Kier molecular flexibility index (Phi) is 5.57. The van der Waals surface area contributed by atoms with Gasteiger partial charge in [0.05, 0.1) is 23.2 Å². The van der Waals surface area contributed by atoms with E-state index in [2.05, 4.69) is 37.6 Å². The fourth-order valence-electron chi connectivity index (χ4n) is 3.13. The number of hydrogen-bond donors (Lipinski definition) is 2. The van der Waals surface area contributed by atoms with Gasteiger partial charge in [0.15, 0.2) is 0 Å². The van der Waals surface area contributed by atoms with Crippen molar-refractivity contribution in [1.82, 2.24) is 24.7 Å². The van der Waals surface area contributed by atoms with Crippen LogP contribution in [-0.4, -0.2) is 36.4 Å². The molecule has 0 fully saturated rings. The van der Waals surface area contributed by atoms with E-state index in [0.717, 1.165) is 17.9 Å². The van der Waals surface area contributed by atoms with Gasteiger partial charge in [-0.25, -0.2) is 4.68 Å². The Labute approximate surface area is 172 Å². The number of hydrogen-bond acceptors (Lipinski definition) is 7. The molecule has 0 radical (unpaired) electrons. The summed E-state index contributed by atoms with van der Waals surface area (Å²) >= 11 is 1.59. The Morgan fingerprint density at radius 2 is 2.17 bits per heavy atom. The summed E-state index contributed by atoms with van der Waals surface area (Å²) in [5.41, 5.74) is 2.61. The van der Waals surface area contributed by atoms with Crippen molar-refractivity contribution in [2.24, 2.45) is 0 Å². The molecule has 0 spiro atoms. The minimum absolute atomic E-state index is 0.234. The molecule has 148 valence electrons. The predicted molar refractivity (Wildman–Crippen MR) is 113 cm³/mol. The van der Waals surface area contributed by atoms with Crippen LogP contribution in [0.15, 0.2) is 65.3 Å². The van der Waals surface area contributed by atoms with Crippen LogP contribution in [0.2, 0.25) is 0 Å². The van der Waals surface area contributed by atoms with Crippen LogP contribution in [0.25, 0.3) is 0 Å². The topological polar surface area (TPSA) is 97.6 Å². The number of allylic oxidation sites excluding steroid dienone is 1. The summed E-state index contributed by atoms with van der Waals surface area (Å²) in [5, 5.41) is 11.5. The Morgan fingerprint density at radius 1 is 1.28 bits per heavy atom.